The molecule has 2 nitrogen and oxygen atoms in total. The first-order valence-electron chi connectivity index (χ1n) is 4.95. The van der Waals surface area contributed by atoms with Gasteiger partial charge in [0.2, 0.25) is 0 Å². The van der Waals surface area contributed by atoms with E-state index in [1.807, 2.05) is 26.8 Å². The number of rotatable bonds is 5. The van der Waals surface area contributed by atoms with E-state index in [9.17, 15) is 4.55 Å². The molecule has 0 saturated carbocycles. The molecule has 3 heteroatoms. The molecule has 0 N–H and O–H groups in total. The van der Waals surface area contributed by atoms with E-state index in [1.54, 1.807) is 6.21 Å². The van der Waals surface area contributed by atoms with E-state index >= 15 is 0 Å². The highest BCUT2D eigenvalue weighted by Crippen LogP contribution is 2.17. The molecular formula is C11H21NOS. The minimum Gasteiger partial charge on any atom is -0.591 e. The van der Waals surface area contributed by atoms with Gasteiger partial charge >= 0.3 is 0 Å². The number of allylic oxidation sites excluding steroid dienone is 1. The van der Waals surface area contributed by atoms with Crippen LogP contribution in [0.15, 0.2) is 17.1 Å². The maximum atomic E-state index is 11.5. The predicted molar refractivity (Wildman–Crippen MR) is 65.0 cm³/mol. The molecule has 0 aromatic heterocycles. The first kappa shape index (κ1) is 13.7. The number of hydrogen-bond acceptors (Lipinski definition) is 2. The van der Waals surface area contributed by atoms with Crippen LogP contribution in [0.25, 0.3) is 0 Å². The average molecular weight is 215 g/mol. The zero-order chi connectivity index (χ0) is 11.2. The van der Waals surface area contributed by atoms with Crippen molar-refractivity contribution in [2.24, 2.45) is 10.3 Å². The largest absolute Gasteiger partial charge is 0.591 e. The third-order valence-electron chi connectivity index (χ3n) is 1.76. The summed E-state index contributed by atoms with van der Waals surface area (Å²) in [7, 11) is 0. The molecule has 0 spiro atoms. The van der Waals surface area contributed by atoms with Crippen molar-refractivity contribution < 1.29 is 4.55 Å². The first-order chi connectivity index (χ1) is 6.38. The van der Waals surface area contributed by atoms with Gasteiger partial charge in [-0.2, -0.15) is 0 Å². The lowest BCUT2D eigenvalue weighted by Gasteiger charge is -2.18. The highest BCUT2D eigenvalue weighted by Gasteiger charge is 2.25. The second-order valence-corrected chi connectivity index (χ2v) is 6.39. The summed E-state index contributed by atoms with van der Waals surface area (Å²) in [5.41, 5.74) is 0. The molecule has 0 aromatic rings. The van der Waals surface area contributed by atoms with Crippen LogP contribution in [0.5, 0.6) is 0 Å². The molecule has 0 fully saturated rings. The van der Waals surface area contributed by atoms with E-state index in [2.05, 4.69) is 17.9 Å². The highest BCUT2D eigenvalue weighted by atomic mass is 32.2. The summed E-state index contributed by atoms with van der Waals surface area (Å²) < 4.78 is 15.3. The second-order valence-electron chi connectivity index (χ2n) is 4.46. The van der Waals surface area contributed by atoms with Gasteiger partial charge in [-0.05, 0) is 39.5 Å². The maximum Gasteiger partial charge on any atom is 0.144 e. The molecule has 0 bridgehead atoms. The summed E-state index contributed by atoms with van der Waals surface area (Å²) in [5.74, 6) is 0.374. The number of nitrogens with zero attached hydrogens (tertiary/aromatic N) is 1. The van der Waals surface area contributed by atoms with Crippen LogP contribution in [0, 0.1) is 5.92 Å². The van der Waals surface area contributed by atoms with Crippen LogP contribution < -0.4 is 0 Å². The molecule has 0 radical (unpaired) electrons. The van der Waals surface area contributed by atoms with Crippen LogP contribution in [0.4, 0.5) is 0 Å². The van der Waals surface area contributed by atoms with E-state index in [0.717, 1.165) is 12.8 Å². The van der Waals surface area contributed by atoms with Gasteiger partial charge in [0.1, 0.15) is 16.1 Å². The third kappa shape index (κ3) is 6.22. The lowest BCUT2D eigenvalue weighted by molar-refractivity contribution is 0.561. The van der Waals surface area contributed by atoms with E-state index < -0.39 is 11.4 Å². The van der Waals surface area contributed by atoms with E-state index in [-0.39, 0.29) is 4.75 Å². The SMILES string of the molecule is C=CCCC(C)/C=N/[S+]([O-])C(C)(C)C. The summed E-state index contributed by atoms with van der Waals surface area (Å²) >= 11 is -1.12. The summed E-state index contributed by atoms with van der Waals surface area (Å²) in [5, 5.41) is 0. The molecule has 0 aliphatic heterocycles. The van der Waals surface area contributed by atoms with Gasteiger partial charge in [0.25, 0.3) is 0 Å². The van der Waals surface area contributed by atoms with Crippen molar-refractivity contribution >= 4 is 17.6 Å². The minimum absolute atomic E-state index is 0.255. The molecule has 0 aliphatic rings. The molecule has 2 unspecified atom stereocenters. The zero-order valence-electron chi connectivity index (χ0n) is 9.62. The Kier molecular flexibility index (Phi) is 6.12. The Labute approximate surface area is 90.8 Å². The molecule has 14 heavy (non-hydrogen) atoms. The highest BCUT2D eigenvalue weighted by molar-refractivity contribution is 7.91. The molecule has 2 atom stereocenters. The van der Waals surface area contributed by atoms with Crippen LogP contribution in [-0.4, -0.2) is 15.5 Å². The van der Waals surface area contributed by atoms with Gasteiger partial charge in [-0.3, -0.25) is 0 Å². The van der Waals surface area contributed by atoms with Crippen molar-refractivity contribution in [3.8, 4) is 0 Å². The minimum atomic E-state index is -1.12. The summed E-state index contributed by atoms with van der Waals surface area (Å²) in [6.07, 6.45) is 5.69. The quantitative estimate of drug-likeness (QED) is 0.394. The summed E-state index contributed by atoms with van der Waals surface area (Å²) in [6, 6.07) is 0. The Morgan fingerprint density at radius 3 is 2.50 bits per heavy atom. The van der Waals surface area contributed by atoms with Crippen LogP contribution in [-0.2, 0) is 11.4 Å². The fraction of sp³-hybridized carbons (Fsp3) is 0.727. The van der Waals surface area contributed by atoms with Crippen molar-refractivity contribution in [3.05, 3.63) is 12.7 Å². The van der Waals surface area contributed by atoms with Crippen molar-refractivity contribution in [2.45, 2.75) is 45.3 Å². The Bertz CT molecular complexity index is 196. The monoisotopic (exact) mass is 215 g/mol. The first-order valence-corrected chi connectivity index (χ1v) is 6.05. The van der Waals surface area contributed by atoms with Gasteiger partial charge in [-0.15, -0.1) is 6.58 Å². The maximum absolute atomic E-state index is 11.5. The predicted octanol–water partition coefficient (Wildman–Crippen LogP) is 3.12. The van der Waals surface area contributed by atoms with Crippen molar-refractivity contribution in [3.63, 3.8) is 0 Å². The molecule has 82 valence electrons. The average Bonchev–Trinajstić information content (AvgIpc) is 2.09. The van der Waals surface area contributed by atoms with Crippen molar-refractivity contribution in [1.29, 1.82) is 0 Å². The lowest BCUT2D eigenvalue weighted by atomic mass is 10.1. The molecule has 0 aliphatic carbocycles. The third-order valence-corrected chi connectivity index (χ3v) is 3.12. The zero-order valence-corrected chi connectivity index (χ0v) is 10.4. The van der Waals surface area contributed by atoms with Gasteiger partial charge in [-0.25, -0.2) is 0 Å². The fourth-order valence-electron chi connectivity index (χ4n) is 0.773. The van der Waals surface area contributed by atoms with Gasteiger partial charge < -0.3 is 4.55 Å². The van der Waals surface area contributed by atoms with Crippen LogP contribution in [0.1, 0.15) is 40.5 Å². The molecule has 0 amide bonds. The molecule has 0 saturated heterocycles. The topological polar surface area (TPSA) is 35.4 Å². The van der Waals surface area contributed by atoms with Gasteiger partial charge in [-0.1, -0.05) is 17.4 Å². The van der Waals surface area contributed by atoms with Crippen LogP contribution in [0.3, 0.4) is 0 Å². The molecule has 0 heterocycles. The normalized spacial score (nSPS) is 16.9. The summed E-state index contributed by atoms with van der Waals surface area (Å²) in [4.78, 5) is 0. The van der Waals surface area contributed by atoms with E-state index in [0.29, 0.717) is 5.92 Å². The van der Waals surface area contributed by atoms with Gasteiger partial charge in [0.15, 0.2) is 0 Å². The molecule has 0 rings (SSSR count). The van der Waals surface area contributed by atoms with Crippen molar-refractivity contribution in [2.75, 3.05) is 0 Å². The van der Waals surface area contributed by atoms with E-state index in [4.69, 9.17) is 0 Å². The summed E-state index contributed by atoms with van der Waals surface area (Å²) in [6.45, 7) is 11.5. The molecular weight excluding hydrogens is 194 g/mol. The number of hydrogen-bond donors (Lipinski definition) is 0. The molecule has 0 aromatic carbocycles. The van der Waals surface area contributed by atoms with Gasteiger partial charge in [0.05, 0.1) is 6.21 Å². The Hall–Kier alpha value is -0.280. The Morgan fingerprint density at radius 2 is 2.07 bits per heavy atom. The second kappa shape index (κ2) is 6.25. The van der Waals surface area contributed by atoms with Gasteiger partial charge in [0, 0.05) is 0 Å². The fourth-order valence-corrected chi connectivity index (χ4v) is 1.41. The van der Waals surface area contributed by atoms with Crippen LogP contribution in [0.2, 0.25) is 0 Å². The van der Waals surface area contributed by atoms with E-state index in [1.165, 1.54) is 0 Å². The Morgan fingerprint density at radius 1 is 1.50 bits per heavy atom. The lowest BCUT2D eigenvalue weighted by Crippen LogP contribution is -2.26. The van der Waals surface area contributed by atoms with Crippen LogP contribution >= 0.6 is 0 Å². The smallest absolute Gasteiger partial charge is 0.144 e. The van der Waals surface area contributed by atoms with Crippen molar-refractivity contribution in [1.82, 2.24) is 0 Å². The Balaban J connectivity index is 3.97. The standard InChI is InChI=1S/C11H21NOS/c1-6-7-8-10(2)9-12-14(13)11(3,4)5/h6,9-10H,1,7-8H2,2-5H3/b12-9+.